The van der Waals surface area contributed by atoms with Crippen LogP contribution in [-0.4, -0.2) is 41.2 Å². The highest BCUT2D eigenvalue weighted by Gasteiger charge is 2.31. The monoisotopic (exact) mass is 570 g/mol. The summed E-state index contributed by atoms with van der Waals surface area (Å²) in [6, 6.07) is 11.8. The molecule has 0 aliphatic heterocycles. The van der Waals surface area contributed by atoms with Crippen molar-refractivity contribution in [2.75, 3.05) is 11.9 Å². The number of hydrogen-bond acceptors (Lipinski definition) is 5. The standard InChI is InChI=1S/C19H29NO2S.C8H6F3NO2.C2H6/c1-13(2)6-5-9-20-16-10-14-7-8-17(12-15(14)11-16)23-19(3,4)18(21)22;9-8(10,11)14-7-3-1-6(2-4-7)12-5-13;1-2/h7-8,12-13,16,20H,5-6,9-11H2,1-4H3,(H,21,22);1-5H,(H,12,13);1-2H3. The van der Waals surface area contributed by atoms with E-state index in [0.29, 0.717) is 18.1 Å². The van der Waals surface area contributed by atoms with Crippen LogP contribution in [0.5, 0.6) is 5.75 Å². The average molecular weight is 571 g/mol. The molecule has 1 unspecified atom stereocenters. The Hall–Kier alpha value is -2.72. The second-order valence-corrected chi connectivity index (χ2v) is 11.5. The molecule has 6 nitrogen and oxygen atoms in total. The van der Waals surface area contributed by atoms with Crippen LogP contribution < -0.4 is 15.4 Å². The number of alkyl halides is 3. The first-order chi connectivity index (χ1) is 18.3. The molecular formula is C29H41F3N2O4S. The van der Waals surface area contributed by atoms with Crippen molar-refractivity contribution in [3.05, 3.63) is 53.6 Å². The number of aliphatic carboxylic acids is 1. The minimum absolute atomic E-state index is 0.325. The first-order valence-electron chi connectivity index (χ1n) is 13.1. The van der Waals surface area contributed by atoms with E-state index in [1.165, 1.54) is 47.9 Å². The number of halogens is 3. The van der Waals surface area contributed by atoms with E-state index in [1.807, 2.05) is 13.8 Å². The lowest BCUT2D eigenvalue weighted by Crippen LogP contribution is -2.30. The number of rotatable bonds is 11. The number of hydrogen-bond donors (Lipinski definition) is 3. The van der Waals surface area contributed by atoms with Crippen LogP contribution in [0.2, 0.25) is 0 Å². The van der Waals surface area contributed by atoms with Crippen molar-refractivity contribution in [2.45, 2.75) is 89.3 Å². The number of ether oxygens (including phenoxy) is 1. The number of carbonyl (C=O) groups excluding carboxylic acids is 1. The molecule has 39 heavy (non-hydrogen) atoms. The molecule has 10 heteroatoms. The number of carboxylic acids is 1. The maximum Gasteiger partial charge on any atom is 0.573 e. The Labute approximate surface area is 234 Å². The molecule has 0 radical (unpaired) electrons. The summed E-state index contributed by atoms with van der Waals surface area (Å²) >= 11 is 1.43. The summed E-state index contributed by atoms with van der Waals surface area (Å²) < 4.78 is 37.9. The van der Waals surface area contributed by atoms with E-state index in [-0.39, 0.29) is 5.75 Å². The van der Waals surface area contributed by atoms with Gasteiger partial charge in [-0.2, -0.15) is 0 Å². The van der Waals surface area contributed by atoms with E-state index >= 15 is 0 Å². The van der Waals surface area contributed by atoms with Crippen LogP contribution in [0, 0.1) is 5.92 Å². The highest BCUT2D eigenvalue weighted by atomic mass is 32.2. The van der Waals surface area contributed by atoms with Gasteiger partial charge in [-0.05, 0) is 99.5 Å². The lowest BCUT2D eigenvalue weighted by molar-refractivity contribution is -0.274. The Morgan fingerprint density at radius 3 is 2.26 bits per heavy atom. The summed E-state index contributed by atoms with van der Waals surface area (Å²) in [6.45, 7) is 13.1. The fourth-order valence-corrected chi connectivity index (χ4v) is 4.79. The maximum atomic E-state index is 11.7. The van der Waals surface area contributed by atoms with E-state index in [1.54, 1.807) is 13.8 Å². The lowest BCUT2D eigenvalue weighted by Gasteiger charge is -2.18. The molecule has 0 aromatic heterocycles. The van der Waals surface area contributed by atoms with Crippen LogP contribution in [0.3, 0.4) is 0 Å². The number of benzene rings is 2. The fourth-order valence-electron chi connectivity index (χ4n) is 3.78. The van der Waals surface area contributed by atoms with E-state index in [0.717, 1.165) is 42.3 Å². The molecule has 2 aromatic rings. The number of thioether (sulfide) groups is 1. The van der Waals surface area contributed by atoms with Crippen molar-refractivity contribution in [1.29, 1.82) is 0 Å². The van der Waals surface area contributed by atoms with Gasteiger partial charge in [0.2, 0.25) is 6.41 Å². The van der Waals surface area contributed by atoms with Gasteiger partial charge >= 0.3 is 12.3 Å². The van der Waals surface area contributed by atoms with Crippen LogP contribution >= 0.6 is 11.8 Å². The van der Waals surface area contributed by atoms with Gasteiger partial charge in [-0.1, -0.05) is 33.8 Å². The molecular weight excluding hydrogens is 529 g/mol. The van der Waals surface area contributed by atoms with Gasteiger partial charge in [-0.25, -0.2) is 0 Å². The summed E-state index contributed by atoms with van der Waals surface area (Å²) in [5.74, 6) is -0.323. The predicted molar refractivity (Wildman–Crippen MR) is 151 cm³/mol. The Balaban J connectivity index is 0.000000407. The van der Waals surface area contributed by atoms with Crippen LogP contribution in [0.4, 0.5) is 18.9 Å². The van der Waals surface area contributed by atoms with E-state index in [4.69, 9.17) is 0 Å². The summed E-state index contributed by atoms with van der Waals surface area (Å²) in [6.07, 6.45) is 0.387. The molecule has 218 valence electrons. The number of amides is 1. The summed E-state index contributed by atoms with van der Waals surface area (Å²) in [7, 11) is 0. The van der Waals surface area contributed by atoms with Crippen molar-refractivity contribution in [2.24, 2.45) is 5.92 Å². The summed E-state index contributed by atoms with van der Waals surface area (Å²) in [5.41, 5.74) is 3.18. The Kier molecular flexibility index (Phi) is 14.4. The minimum atomic E-state index is -4.69. The van der Waals surface area contributed by atoms with Crippen LogP contribution in [0.1, 0.15) is 65.5 Å². The van der Waals surface area contributed by atoms with Gasteiger partial charge in [0, 0.05) is 16.6 Å². The zero-order chi connectivity index (χ0) is 29.6. The van der Waals surface area contributed by atoms with Gasteiger partial charge < -0.3 is 20.5 Å². The van der Waals surface area contributed by atoms with Gasteiger partial charge in [0.1, 0.15) is 10.5 Å². The SMILES string of the molecule is CC.CC(C)CCCNC1Cc2ccc(SC(C)(C)C(=O)O)cc2C1.O=CNc1ccc(OC(F)(F)F)cc1. The third-order valence-electron chi connectivity index (χ3n) is 5.70. The zero-order valence-electron chi connectivity index (χ0n) is 23.5. The molecule has 0 bridgehead atoms. The smallest absolute Gasteiger partial charge is 0.480 e. The molecule has 0 heterocycles. The zero-order valence-corrected chi connectivity index (χ0v) is 24.3. The van der Waals surface area contributed by atoms with Gasteiger partial charge in [-0.15, -0.1) is 24.9 Å². The van der Waals surface area contributed by atoms with Crippen LogP contribution in [0.25, 0.3) is 0 Å². The molecule has 3 N–H and O–H groups in total. The molecule has 1 amide bonds. The van der Waals surface area contributed by atoms with Gasteiger partial charge in [-0.3, -0.25) is 9.59 Å². The molecule has 1 atom stereocenters. The largest absolute Gasteiger partial charge is 0.573 e. The average Bonchev–Trinajstić information content (AvgIpc) is 3.26. The topological polar surface area (TPSA) is 87.7 Å². The minimum Gasteiger partial charge on any atom is -0.480 e. The molecule has 0 spiro atoms. The third-order valence-corrected chi connectivity index (χ3v) is 6.88. The van der Waals surface area contributed by atoms with Gasteiger partial charge in [0.25, 0.3) is 0 Å². The van der Waals surface area contributed by atoms with E-state index in [2.05, 4.69) is 47.4 Å². The lowest BCUT2D eigenvalue weighted by atomic mass is 10.1. The number of fused-ring (bicyclic) bond motifs is 1. The quantitative estimate of drug-likeness (QED) is 0.149. The number of nitrogens with one attached hydrogen (secondary N) is 2. The normalized spacial score (nSPS) is 14.4. The second kappa shape index (κ2) is 16.4. The molecule has 0 saturated heterocycles. The molecule has 2 aromatic carbocycles. The van der Waals surface area contributed by atoms with Crippen molar-refractivity contribution >= 4 is 29.8 Å². The fraction of sp³-hybridized carbons (Fsp3) is 0.517. The molecule has 1 aliphatic rings. The molecule has 0 saturated carbocycles. The second-order valence-electron chi connectivity index (χ2n) is 9.78. The Bertz CT molecular complexity index is 1030. The van der Waals surface area contributed by atoms with Crippen LogP contribution in [-0.2, 0) is 22.4 Å². The number of anilines is 1. The van der Waals surface area contributed by atoms with Crippen LogP contribution in [0.15, 0.2) is 47.4 Å². The maximum absolute atomic E-state index is 11.7. The summed E-state index contributed by atoms with van der Waals surface area (Å²) in [4.78, 5) is 22.3. The summed E-state index contributed by atoms with van der Waals surface area (Å²) in [5, 5.41) is 15.2. The molecule has 1 aliphatic carbocycles. The number of carbonyl (C=O) groups is 2. The van der Waals surface area contributed by atoms with Gasteiger partial charge in [0.15, 0.2) is 0 Å². The van der Waals surface area contributed by atoms with Crippen molar-refractivity contribution in [1.82, 2.24) is 5.32 Å². The molecule has 0 fully saturated rings. The highest BCUT2D eigenvalue weighted by molar-refractivity contribution is 8.01. The van der Waals surface area contributed by atoms with Crippen molar-refractivity contribution < 1.29 is 32.6 Å². The third kappa shape index (κ3) is 13.3. The van der Waals surface area contributed by atoms with E-state index < -0.39 is 17.1 Å². The van der Waals surface area contributed by atoms with E-state index in [9.17, 15) is 27.9 Å². The first-order valence-corrected chi connectivity index (χ1v) is 13.9. The highest BCUT2D eigenvalue weighted by Crippen LogP contribution is 2.35. The Morgan fingerprint density at radius 1 is 1.10 bits per heavy atom. The van der Waals surface area contributed by atoms with Crippen molar-refractivity contribution in [3.8, 4) is 5.75 Å². The molecule has 3 rings (SSSR count). The van der Waals surface area contributed by atoms with Crippen molar-refractivity contribution in [3.63, 3.8) is 0 Å². The predicted octanol–water partition coefficient (Wildman–Crippen LogP) is 7.31. The first kappa shape index (κ1) is 34.3. The van der Waals surface area contributed by atoms with Gasteiger partial charge in [0.05, 0.1) is 0 Å². The Morgan fingerprint density at radius 2 is 1.72 bits per heavy atom. The number of carboxylic acid groups (broad SMARTS) is 1.